The monoisotopic (exact) mass is 1080 g/mol. The summed E-state index contributed by atoms with van der Waals surface area (Å²) >= 11 is 18.1. The summed E-state index contributed by atoms with van der Waals surface area (Å²) in [6.45, 7) is 10.7. The molecule has 0 bridgehead atoms. The van der Waals surface area contributed by atoms with Crippen LogP contribution in [-0.4, -0.2) is 84.7 Å². The minimum absolute atomic E-state index is 0. The fraction of sp³-hybridized carbons (Fsp3) is 0.273. The molecule has 8 rings (SSSR count). The van der Waals surface area contributed by atoms with E-state index in [0.29, 0.717) is 39.0 Å². The Bertz CT molecular complexity index is 2720. The molecule has 340 valence electrons. The van der Waals surface area contributed by atoms with Crippen LogP contribution in [0.1, 0.15) is 22.3 Å². The van der Waals surface area contributed by atoms with Gasteiger partial charge in [-0.1, -0.05) is 47.5 Å². The molecule has 0 unspecified atom stereocenters. The predicted octanol–water partition coefficient (Wildman–Crippen LogP) is 6.82. The molecule has 0 aliphatic carbocycles. The van der Waals surface area contributed by atoms with Gasteiger partial charge < -0.3 is 64.3 Å². The average Bonchev–Trinajstić information content (AvgIpc) is 3.78. The van der Waals surface area contributed by atoms with Crippen molar-refractivity contribution in [3.63, 3.8) is 0 Å². The van der Waals surface area contributed by atoms with Crippen molar-refractivity contribution in [1.82, 2.24) is 29.7 Å². The largest absolute Gasteiger partial charge is 1.00 e. The molecule has 6 aromatic rings. The molecule has 5 N–H and O–H groups in total. The number of benzene rings is 4. The fourth-order valence-corrected chi connectivity index (χ4v) is 9.80. The van der Waals surface area contributed by atoms with Gasteiger partial charge in [0.1, 0.15) is 35.8 Å². The second kappa shape index (κ2) is 21.9. The SMILES string of the molecule is COc1cc2c(cc1N)CN(C)C2.COc1cc2c(cc1Nc1ncc(Cl)c(Nc3ccccc3P(C)(C)=O)n1)CN(C)C2.CP(C)(=O)c1ccccc1Nc1nc(Cl)ncc1Cl.[I-]. The number of ether oxygens (including phenoxy) is 2. The molecule has 14 nitrogen and oxygen atoms in total. The Balaban J connectivity index is 0.000000198. The summed E-state index contributed by atoms with van der Waals surface area (Å²) in [7, 11) is 2.60. The Morgan fingerprint density at radius 1 is 0.609 bits per heavy atom. The number of nitrogens with one attached hydrogen (secondary N) is 3. The highest BCUT2D eigenvalue weighted by atomic mass is 127. The predicted molar refractivity (Wildman–Crippen MR) is 261 cm³/mol. The molecule has 20 heteroatoms. The van der Waals surface area contributed by atoms with Gasteiger partial charge in [0.15, 0.2) is 11.6 Å². The highest BCUT2D eigenvalue weighted by molar-refractivity contribution is 7.70. The number of nitrogens with zero attached hydrogens (tertiary/aromatic N) is 6. The lowest BCUT2D eigenvalue weighted by atomic mass is 10.1. The highest BCUT2D eigenvalue weighted by Gasteiger charge is 2.22. The first-order valence-electron chi connectivity index (χ1n) is 19.7. The van der Waals surface area contributed by atoms with Crippen LogP contribution in [0.3, 0.4) is 0 Å². The van der Waals surface area contributed by atoms with Gasteiger partial charge in [0, 0.05) is 36.8 Å². The van der Waals surface area contributed by atoms with Crippen LogP contribution in [-0.2, 0) is 35.3 Å². The zero-order valence-electron chi connectivity index (χ0n) is 36.7. The summed E-state index contributed by atoms with van der Waals surface area (Å²) in [6, 6.07) is 23.0. The van der Waals surface area contributed by atoms with Gasteiger partial charge in [-0.05, 0) is 123 Å². The minimum atomic E-state index is -2.48. The molecule has 2 aromatic heterocycles. The maximum atomic E-state index is 12.7. The first-order chi connectivity index (χ1) is 29.8. The summed E-state index contributed by atoms with van der Waals surface area (Å²) in [4.78, 5) is 21.2. The van der Waals surface area contributed by atoms with Crippen molar-refractivity contribution >= 4 is 100 Å². The third-order valence-electron chi connectivity index (χ3n) is 10.0. The summed E-state index contributed by atoms with van der Waals surface area (Å²) < 4.78 is 35.7. The Morgan fingerprint density at radius 3 is 1.55 bits per heavy atom. The molecule has 64 heavy (non-hydrogen) atoms. The minimum Gasteiger partial charge on any atom is -1.00 e. The number of nitrogen functional groups attached to an aromatic ring is 1. The lowest BCUT2D eigenvalue weighted by Crippen LogP contribution is -3.00. The third-order valence-corrected chi connectivity index (χ3v) is 13.9. The Labute approximate surface area is 406 Å². The second-order valence-electron chi connectivity index (χ2n) is 15.9. The third kappa shape index (κ3) is 13.0. The molecule has 0 spiro atoms. The van der Waals surface area contributed by atoms with Gasteiger partial charge >= 0.3 is 0 Å². The molecule has 0 radical (unpaired) electrons. The van der Waals surface area contributed by atoms with Gasteiger partial charge in [-0.25, -0.2) is 9.97 Å². The van der Waals surface area contributed by atoms with E-state index in [2.05, 4.69) is 65.8 Å². The van der Waals surface area contributed by atoms with E-state index < -0.39 is 14.3 Å². The first-order valence-corrected chi connectivity index (χ1v) is 26.0. The molecule has 4 heterocycles. The van der Waals surface area contributed by atoms with Crippen molar-refractivity contribution in [2.24, 2.45) is 0 Å². The zero-order chi connectivity index (χ0) is 45.6. The van der Waals surface area contributed by atoms with E-state index in [4.69, 9.17) is 50.0 Å². The Morgan fingerprint density at radius 2 is 1.05 bits per heavy atom. The molecular formula is C44H51Cl3IN10O4P2-. The van der Waals surface area contributed by atoms with Gasteiger partial charge in [0.05, 0.1) is 49.4 Å². The Kier molecular flexibility index (Phi) is 17.4. The van der Waals surface area contributed by atoms with Crippen molar-refractivity contribution in [3.05, 3.63) is 123 Å². The van der Waals surface area contributed by atoms with Gasteiger partial charge in [-0.3, -0.25) is 9.80 Å². The van der Waals surface area contributed by atoms with Crippen molar-refractivity contribution in [3.8, 4) is 11.5 Å². The summed E-state index contributed by atoms with van der Waals surface area (Å²) in [5.41, 5.74) is 13.9. The number of hydrogen-bond acceptors (Lipinski definition) is 14. The number of aromatic nitrogens is 4. The van der Waals surface area contributed by atoms with Crippen LogP contribution in [0.4, 0.5) is 40.3 Å². The number of hydrogen-bond donors (Lipinski definition) is 4. The quantitative estimate of drug-likeness (QED) is 0.0488. The van der Waals surface area contributed by atoms with Crippen LogP contribution in [0.2, 0.25) is 15.3 Å². The van der Waals surface area contributed by atoms with Crippen LogP contribution in [0, 0.1) is 0 Å². The maximum absolute atomic E-state index is 12.7. The summed E-state index contributed by atoms with van der Waals surface area (Å²) in [6.07, 6.45) is 2.95. The number of methoxy groups -OCH3 is 2. The average molecular weight is 1080 g/mol. The van der Waals surface area contributed by atoms with Crippen LogP contribution in [0.25, 0.3) is 0 Å². The standard InChI is InChI=1S/C22H25ClN5O2P.C12H12Cl2N3OP.C10H14N2O.HI/c1-28-12-14-9-18(19(30-2)10-15(14)13-28)26-22-24-11-16(23)21(27-22)25-17-7-5-6-8-20(17)31(3,4)29;1-19(2,18)10-6-4-3-5-9(10)16-11-8(13)7-15-12(14)17-11;1-12-5-7-3-9(11)10(13-2)4-8(7)6-12;/h5-11H,12-13H2,1-4H3,(H2,24,25,26,27);3-7H,1-2H3,(H,15,16,17);3-4H,5-6,11H2,1-2H3;1H/p-1. The smallest absolute Gasteiger partial charge is 0.229 e. The topological polar surface area (TPSA) is 173 Å². The first kappa shape index (κ1) is 50.8. The highest BCUT2D eigenvalue weighted by Crippen LogP contribution is 2.40. The van der Waals surface area contributed by atoms with E-state index in [1.54, 1.807) is 40.9 Å². The van der Waals surface area contributed by atoms with Crippen LogP contribution in [0.5, 0.6) is 11.5 Å². The van der Waals surface area contributed by atoms with E-state index in [1.165, 1.54) is 34.6 Å². The molecule has 0 atom stereocenters. The van der Waals surface area contributed by atoms with Gasteiger partial charge in [-0.2, -0.15) is 9.97 Å². The molecule has 0 saturated carbocycles. The lowest BCUT2D eigenvalue weighted by Gasteiger charge is -2.16. The van der Waals surface area contributed by atoms with Gasteiger partial charge in [0.2, 0.25) is 11.2 Å². The van der Waals surface area contributed by atoms with E-state index in [1.807, 2.05) is 66.7 Å². The molecule has 2 aliphatic rings. The molecule has 0 saturated heterocycles. The normalized spacial score (nSPS) is 13.2. The van der Waals surface area contributed by atoms with E-state index >= 15 is 0 Å². The number of para-hydroxylation sites is 2. The van der Waals surface area contributed by atoms with E-state index in [9.17, 15) is 9.13 Å². The fourth-order valence-electron chi connectivity index (χ4n) is 7.08. The van der Waals surface area contributed by atoms with Crippen LogP contribution in [0.15, 0.2) is 85.2 Å². The van der Waals surface area contributed by atoms with E-state index in [0.717, 1.165) is 59.7 Å². The summed E-state index contributed by atoms with van der Waals surface area (Å²) in [5, 5.41) is 11.8. The van der Waals surface area contributed by atoms with Crippen molar-refractivity contribution in [2.75, 3.05) is 76.7 Å². The lowest BCUT2D eigenvalue weighted by molar-refractivity contribution is -0.0000164. The Hall–Kier alpha value is -4.18. The van der Waals surface area contributed by atoms with E-state index in [-0.39, 0.29) is 29.3 Å². The molecular weight excluding hydrogens is 1030 g/mol. The van der Waals surface area contributed by atoms with Crippen LogP contribution >= 0.6 is 49.1 Å². The number of anilines is 7. The second-order valence-corrected chi connectivity index (χ2v) is 23.4. The van der Waals surface area contributed by atoms with Crippen molar-refractivity contribution < 1.29 is 42.6 Å². The maximum Gasteiger partial charge on any atom is 0.229 e. The van der Waals surface area contributed by atoms with Crippen molar-refractivity contribution in [2.45, 2.75) is 26.2 Å². The summed E-state index contributed by atoms with van der Waals surface area (Å²) in [5.74, 6) is 2.71. The zero-order valence-corrected chi connectivity index (χ0v) is 42.9. The number of halogens is 4. The number of nitrogens with two attached hydrogens (primary N) is 1. The van der Waals surface area contributed by atoms with Gasteiger partial charge in [0.25, 0.3) is 0 Å². The van der Waals surface area contributed by atoms with Crippen LogP contribution < -0.4 is 65.7 Å². The molecule has 4 aromatic carbocycles. The number of fused-ring (bicyclic) bond motifs is 2. The molecule has 0 fully saturated rings. The molecule has 2 aliphatic heterocycles. The van der Waals surface area contributed by atoms with Crippen molar-refractivity contribution in [1.29, 1.82) is 0 Å². The molecule has 0 amide bonds. The van der Waals surface area contributed by atoms with Gasteiger partial charge in [-0.15, -0.1) is 0 Å². The number of rotatable bonds is 10.